The maximum Gasteiger partial charge on any atom is 0.0930 e. The molecule has 0 amide bonds. The topological polar surface area (TPSA) is 15.3 Å². The zero-order chi connectivity index (χ0) is 9.28. The van der Waals surface area contributed by atoms with E-state index in [1.807, 2.05) is 32.1 Å². The molecule has 0 unspecified atom stereocenters. The first kappa shape index (κ1) is 12.7. The van der Waals surface area contributed by atoms with Gasteiger partial charge in [0.2, 0.25) is 0 Å². The summed E-state index contributed by atoms with van der Waals surface area (Å²) in [5.74, 6) is 0.931. The van der Waals surface area contributed by atoms with Gasteiger partial charge in [0.15, 0.2) is 0 Å². The first-order valence-electron chi connectivity index (χ1n) is 3.75. The molecule has 0 aliphatic rings. The third kappa shape index (κ3) is 12.3. The largest absolute Gasteiger partial charge is 0.375 e. The highest BCUT2D eigenvalue weighted by Crippen LogP contribution is 1.82. The van der Waals surface area contributed by atoms with Crippen LogP contribution in [-0.2, 0) is 0 Å². The SMILES string of the molecule is C=C(NC)N(C)C.C=CCC. The molecule has 0 aromatic rings. The maximum atomic E-state index is 3.69. The number of allylic oxidation sites excluding steroid dienone is 1. The monoisotopic (exact) mass is 156 g/mol. The molecular weight excluding hydrogens is 136 g/mol. The van der Waals surface area contributed by atoms with E-state index >= 15 is 0 Å². The van der Waals surface area contributed by atoms with Gasteiger partial charge in [0.05, 0.1) is 5.82 Å². The zero-order valence-corrected chi connectivity index (χ0v) is 8.15. The van der Waals surface area contributed by atoms with Crippen LogP contribution in [0.15, 0.2) is 25.1 Å². The van der Waals surface area contributed by atoms with E-state index in [1.54, 1.807) is 0 Å². The summed E-state index contributed by atoms with van der Waals surface area (Å²) in [6.45, 7) is 9.23. The minimum atomic E-state index is 0.931. The Morgan fingerprint density at radius 1 is 1.55 bits per heavy atom. The number of hydrogen-bond donors (Lipinski definition) is 1. The molecule has 2 nitrogen and oxygen atoms in total. The van der Waals surface area contributed by atoms with Gasteiger partial charge >= 0.3 is 0 Å². The van der Waals surface area contributed by atoms with Crippen molar-refractivity contribution in [2.24, 2.45) is 0 Å². The summed E-state index contributed by atoms with van der Waals surface area (Å²) in [5.41, 5.74) is 0. The number of nitrogens with one attached hydrogen (secondary N) is 1. The highest BCUT2D eigenvalue weighted by molar-refractivity contribution is 4.84. The van der Waals surface area contributed by atoms with Gasteiger partial charge in [-0.2, -0.15) is 0 Å². The zero-order valence-electron chi connectivity index (χ0n) is 8.15. The van der Waals surface area contributed by atoms with Gasteiger partial charge in [-0.25, -0.2) is 0 Å². The van der Waals surface area contributed by atoms with Crippen molar-refractivity contribution >= 4 is 0 Å². The van der Waals surface area contributed by atoms with Crippen LogP contribution in [0.2, 0.25) is 0 Å². The van der Waals surface area contributed by atoms with Gasteiger partial charge in [0.1, 0.15) is 0 Å². The molecule has 66 valence electrons. The lowest BCUT2D eigenvalue weighted by Gasteiger charge is -2.13. The van der Waals surface area contributed by atoms with Crippen LogP contribution in [0, 0.1) is 0 Å². The first-order chi connectivity index (χ1) is 5.09. The van der Waals surface area contributed by atoms with Gasteiger partial charge in [-0.15, -0.1) is 6.58 Å². The van der Waals surface area contributed by atoms with Gasteiger partial charge in [-0.05, 0) is 6.42 Å². The normalized spacial score (nSPS) is 7.27. The van der Waals surface area contributed by atoms with Gasteiger partial charge in [-0.3, -0.25) is 0 Å². The fraction of sp³-hybridized carbons (Fsp3) is 0.556. The lowest BCUT2D eigenvalue weighted by atomic mass is 10.5. The smallest absolute Gasteiger partial charge is 0.0930 e. The molecule has 0 rings (SSSR count). The molecule has 0 spiro atoms. The van der Waals surface area contributed by atoms with Gasteiger partial charge in [0, 0.05) is 21.1 Å². The molecule has 2 heteroatoms. The Labute approximate surface area is 70.6 Å². The Morgan fingerprint density at radius 3 is 1.91 bits per heavy atom. The molecule has 11 heavy (non-hydrogen) atoms. The predicted molar refractivity (Wildman–Crippen MR) is 52.4 cm³/mol. The van der Waals surface area contributed by atoms with E-state index in [2.05, 4.69) is 25.4 Å². The molecule has 0 aromatic heterocycles. The van der Waals surface area contributed by atoms with Gasteiger partial charge < -0.3 is 10.2 Å². The van der Waals surface area contributed by atoms with Crippen molar-refractivity contribution in [3.63, 3.8) is 0 Å². The van der Waals surface area contributed by atoms with Crippen LogP contribution in [0.5, 0.6) is 0 Å². The maximum absolute atomic E-state index is 3.69. The lowest BCUT2D eigenvalue weighted by molar-refractivity contribution is 0.479. The summed E-state index contributed by atoms with van der Waals surface area (Å²) >= 11 is 0. The van der Waals surface area contributed by atoms with E-state index in [0.717, 1.165) is 12.2 Å². The average molecular weight is 156 g/mol. The second-order valence-electron chi connectivity index (χ2n) is 2.29. The summed E-state index contributed by atoms with van der Waals surface area (Å²) in [5, 5.41) is 2.90. The van der Waals surface area contributed by atoms with Crippen molar-refractivity contribution in [2.75, 3.05) is 21.1 Å². The fourth-order valence-corrected chi connectivity index (χ4v) is 0.224. The van der Waals surface area contributed by atoms with E-state index < -0.39 is 0 Å². The summed E-state index contributed by atoms with van der Waals surface area (Å²) in [4.78, 5) is 1.92. The van der Waals surface area contributed by atoms with Crippen LogP contribution in [0.25, 0.3) is 0 Å². The van der Waals surface area contributed by atoms with Crippen LogP contribution >= 0.6 is 0 Å². The van der Waals surface area contributed by atoms with Crippen molar-refractivity contribution in [3.8, 4) is 0 Å². The second kappa shape index (κ2) is 9.08. The van der Waals surface area contributed by atoms with Crippen LogP contribution in [0.3, 0.4) is 0 Å². The highest BCUT2D eigenvalue weighted by Gasteiger charge is 1.85. The van der Waals surface area contributed by atoms with Gasteiger partial charge in [0.25, 0.3) is 0 Å². The molecule has 0 heterocycles. The fourth-order valence-electron chi connectivity index (χ4n) is 0.224. The Morgan fingerprint density at radius 2 is 1.91 bits per heavy atom. The number of rotatable bonds is 3. The molecule has 0 fully saturated rings. The van der Waals surface area contributed by atoms with Crippen LogP contribution in [0.4, 0.5) is 0 Å². The minimum Gasteiger partial charge on any atom is -0.375 e. The van der Waals surface area contributed by atoms with Crippen molar-refractivity contribution in [1.82, 2.24) is 10.2 Å². The Kier molecular flexibility index (Phi) is 10.5. The summed E-state index contributed by atoms with van der Waals surface area (Å²) in [6, 6.07) is 0. The molecular formula is C9H20N2. The molecule has 1 N–H and O–H groups in total. The molecule has 0 aliphatic carbocycles. The number of hydrogen-bond acceptors (Lipinski definition) is 2. The molecule has 0 saturated carbocycles. The van der Waals surface area contributed by atoms with Crippen molar-refractivity contribution in [3.05, 3.63) is 25.1 Å². The van der Waals surface area contributed by atoms with E-state index in [9.17, 15) is 0 Å². The van der Waals surface area contributed by atoms with Crippen LogP contribution in [0.1, 0.15) is 13.3 Å². The molecule has 0 radical (unpaired) electrons. The first-order valence-corrected chi connectivity index (χ1v) is 3.75. The summed E-state index contributed by atoms with van der Waals surface area (Å²) in [6.07, 6.45) is 2.96. The third-order valence-corrected chi connectivity index (χ3v) is 1.12. The molecule has 0 saturated heterocycles. The van der Waals surface area contributed by atoms with Gasteiger partial charge in [-0.1, -0.05) is 19.6 Å². The molecule has 0 aliphatic heterocycles. The Bertz CT molecular complexity index is 106. The molecule has 0 aromatic carbocycles. The lowest BCUT2D eigenvalue weighted by Crippen LogP contribution is -2.20. The van der Waals surface area contributed by atoms with Crippen LogP contribution < -0.4 is 5.32 Å². The van der Waals surface area contributed by atoms with Crippen molar-refractivity contribution in [2.45, 2.75) is 13.3 Å². The average Bonchev–Trinajstić information content (AvgIpc) is 2.03. The third-order valence-electron chi connectivity index (χ3n) is 1.12. The Balaban J connectivity index is 0. The second-order valence-corrected chi connectivity index (χ2v) is 2.29. The molecule has 0 bridgehead atoms. The van der Waals surface area contributed by atoms with E-state index in [0.29, 0.717) is 0 Å². The standard InChI is InChI=1S/C5H12N2.C4H8/c1-5(6-2)7(3)4;1-3-4-2/h6H,1H2,2-4H3;3H,1,4H2,2H3. The van der Waals surface area contributed by atoms with Crippen LogP contribution in [-0.4, -0.2) is 26.0 Å². The number of nitrogens with zero attached hydrogens (tertiary/aromatic N) is 1. The van der Waals surface area contributed by atoms with Crippen molar-refractivity contribution < 1.29 is 0 Å². The van der Waals surface area contributed by atoms with E-state index in [1.165, 1.54) is 0 Å². The van der Waals surface area contributed by atoms with Crippen molar-refractivity contribution in [1.29, 1.82) is 0 Å². The van der Waals surface area contributed by atoms with E-state index in [-0.39, 0.29) is 0 Å². The summed E-state index contributed by atoms with van der Waals surface area (Å²) in [7, 11) is 5.74. The highest BCUT2D eigenvalue weighted by atomic mass is 15.2. The van der Waals surface area contributed by atoms with E-state index in [4.69, 9.17) is 0 Å². The molecule has 0 atom stereocenters. The summed E-state index contributed by atoms with van der Waals surface area (Å²) < 4.78 is 0. The predicted octanol–water partition coefficient (Wildman–Crippen LogP) is 1.82. The minimum absolute atomic E-state index is 0.931. The Hall–Kier alpha value is -0.920. The quantitative estimate of drug-likeness (QED) is 0.627.